The van der Waals surface area contributed by atoms with Gasteiger partial charge in [-0.25, -0.2) is 0 Å². The van der Waals surface area contributed by atoms with Crippen molar-refractivity contribution in [2.75, 3.05) is 19.6 Å². The van der Waals surface area contributed by atoms with Crippen LogP contribution in [0.3, 0.4) is 0 Å². The minimum Gasteiger partial charge on any atom is -0.321 e. The SMILES string of the molecule is CCCC[N+](CCCC)(CCCC)C(CCC)C[Si](C)(C)C. The summed E-state index contributed by atoms with van der Waals surface area (Å²) in [5, 5.41) is 0. The van der Waals surface area contributed by atoms with E-state index in [0.29, 0.717) is 0 Å². The van der Waals surface area contributed by atoms with E-state index in [1.807, 2.05) is 0 Å². The van der Waals surface area contributed by atoms with Gasteiger partial charge in [0.1, 0.15) is 0 Å². The summed E-state index contributed by atoms with van der Waals surface area (Å²) in [6, 6.07) is 2.46. The van der Waals surface area contributed by atoms with Gasteiger partial charge in [-0.05, 0) is 31.7 Å². The van der Waals surface area contributed by atoms with E-state index < -0.39 is 8.07 Å². The number of rotatable bonds is 14. The molecule has 0 radical (unpaired) electrons. The van der Waals surface area contributed by atoms with Crippen molar-refractivity contribution in [2.45, 2.75) is 111 Å². The standard InChI is InChI=1S/C20H46NSi/c1-8-12-16-21(17-13-9-2,18-14-10-3)20(15-11-4)19-22(5,6)7/h20H,8-19H2,1-7H3/q+1. The Bertz CT molecular complexity index is 235. The van der Waals surface area contributed by atoms with E-state index in [4.69, 9.17) is 0 Å². The van der Waals surface area contributed by atoms with Crippen molar-refractivity contribution in [3.8, 4) is 0 Å². The van der Waals surface area contributed by atoms with Gasteiger partial charge in [-0.1, -0.05) is 73.0 Å². The molecule has 1 unspecified atom stereocenters. The zero-order valence-corrected chi connectivity index (χ0v) is 18.0. The molecular weight excluding hydrogens is 282 g/mol. The summed E-state index contributed by atoms with van der Waals surface area (Å²) in [5.41, 5.74) is 0. The molecule has 0 aliphatic heterocycles. The molecular formula is C20H46NSi+. The summed E-state index contributed by atoms with van der Waals surface area (Å²) in [6.45, 7) is 21.5. The summed E-state index contributed by atoms with van der Waals surface area (Å²) < 4.78 is 1.45. The van der Waals surface area contributed by atoms with Crippen molar-refractivity contribution in [1.82, 2.24) is 0 Å². The van der Waals surface area contributed by atoms with Crippen LogP contribution in [0.2, 0.25) is 25.7 Å². The molecule has 0 fully saturated rings. The molecule has 22 heavy (non-hydrogen) atoms. The minimum absolute atomic E-state index is 0.932. The Kier molecular flexibility index (Phi) is 11.8. The van der Waals surface area contributed by atoms with Gasteiger partial charge in [0.2, 0.25) is 0 Å². The molecule has 0 aromatic rings. The molecule has 1 nitrogen and oxygen atoms in total. The summed E-state index contributed by atoms with van der Waals surface area (Å²) in [7, 11) is -1.00. The van der Waals surface area contributed by atoms with Crippen LogP contribution in [0.15, 0.2) is 0 Å². The Balaban J connectivity index is 5.34. The van der Waals surface area contributed by atoms with Gasteiger partial charge in [-0.15, -0.1) is 0 Å². The van der Waals surface area contributed by atoms with Gasteiger partial charge in [-0.2, -0.15) is 0 Å². The van der Waals surface area contributed by atoms with E-state index in [2.05, 4.69) is 47.3 Å². The maximum atomic E-state index is 2.57. The number of hydrogen-bond acceptors (Lipinski definition) is 0. The fourth-order valence-electron chi connectivity index (χ4n) is 3.91. The number of quaternary nitrogens is 1. The van der Waals surface area contributed by atoms with Crippen LogP contribution in [0.25, 0.3) is 0 Å². The van der Waals surface area contributed by atoms with E-state index in [9.17, 15) is 0 Å². The lowest BCUT2D eigenvalue weighted by atomic mass is 10.0. The first-order valence-electron chi connectivity index (χ1n) is 10.2. The van der Waals surface area contributed by atoms with Gasteiger partial charge in [0, 0.05) is 0 Å². The Hall–Kier alpha value is 0.177. The highest BCUT2D eigenvalue weighted by molar-refractivity contribution is 6.76. The fraction of sp³-hybridized carbons (Fsp3) is 1.00. The molecule has 0 saturated heterocycles. The molecule has 0 heterocycles. The van der Waals surface area contributed by atoms with Gasteiger partial charge in [0.25, 0.3) is 0 Å². The topological polar surface area (TPSA) is 0 Å². The zero-order valence-electron chi connectivity index (χ0n) is 17.0. The van der Waals surface area contributed by atoms with E-state index in [1.165, 1.54) is 81.5 Å². The third-order valence-corrected chi connectivity index (χ3v) is 6.81. The van der Waals surface area contributed by atoms with Crippen molar-refractivity contribution in [2.24, 2.45) is 0 Å². The van der Waals surface area contributed by atoms with E-state index >= 15 is 0 Å². The Morgan fingerprint density at radius 2 is 1.09 bits per heavy atom. The number of nitrogens with zero attached hydrogens (tertiary/aromatic N) is 1. The third-order valence-electron chi connectivity index (χ3n) is 5.12. The predicted molar refractivity (Wildman–Crippen MR) is 106 cm³/mol. The summed E-state index contributed by atoms with van der Waals surface area (Å²) in [6.07, 6.45) is 11.1. The van der Waals surface area contributed by atoms with Gasteiger partial charge in [-0.3, -0.25) is 0 Å². The molecule has 0 N–H and O–H groups in total. The van der Waals surface area contributed by atoms with Crippen molar-refractivity contribution >= 4 is 8.07 Å². The molecule has 0 spiro atoms. The highest BCUT2D eigenvalue weighted by Crippen LogP contribution is 2.29. The lowest BCUT2D eigenvalue weighted by molar-refractivity contribution is -0.950. The molecule has 0 rings (SSSR count). The predicted octanol–water partition coefficient (Wildman–Crippen LogP) is 6.71. The Morgan fingerprint density at radius 3 is 1.36 bits per heavy atom. The summed E-state index contributed by atoms with van der Waals surface area (Å²) in [5.74, 6) is 0. The second-order valence-electron chi connectivity index (χ2n) is 8.66. The van der Waals surface area contributed by atoms with Crippen LogP contribution in [-0.4, -0.2) is 38.2 Å². The van der Waals surface area contributed by atoms with E-state index in [1.54, 1.807) is 0 Å². The first-order valence-corrected chi connectivity index (χ1v) is 13.9. The van der Waals surface area contributed by atoms with Crippen LogP contribution < -0.4 is 0 Å². The minimum atomic E-state index is -1.00. The highest BCUT2D eigenvalue weighted by Gasteiger charge is 2.37. The Morgan fingerprint density at radius 1 is 0.682 bits per heavy atom. The smallest absolute Gasteiger partial charge is 0.0866 e. The molecule has 2 heteroatoms. The summed E-state index contributed by atoms with van der Waals surface area (Å²) >= 11 is 0. The lowest BCUT2D eigenvalue weighted by Crippen LogP contribution is -2.58. The molecule has 134 valence electrons. The quantitative estimate of drug-likeness (QED) is 0.245. The molecule has 0 aromatic carbocycles. The first-order chi connectivity index (χ1) is 10.3. The second kappa shape index (κ2) is 11.7. The van der Waals surface area contributed by atoms with Gasteiger partial charge >= 0.3 is 0 Å². The van der Waals surface area contributed by atoms with Gasteiger partial charge in [0.05, 0.1) is 33.7 Å². The average molecular weight is 329 g/mol. The molecule has 0 aromatic heterocycles. The lowest BCUT2D eigenvalue weighted by Gasteiger charge is -2.47. The van der Waals surface area contributed by atoms with Crippen molar-refractivity contribution < 1.29 is 4.48 Å². The van der Waals surface area contributed by atoms with Crippen LogP contribution >= 0.6 is 0 Å². The molecule has 0 aliphatic carbocycles. The van der Waals surface area contributed by atoms with E-state index in [0.717, 1.165) is 6.04 Å². The number of hydrogen-bond donors (Lipinski definition) is 0. The highest BCUT2D eigenvalue weighted by atomic mass is 28.3. The first kappa shape index (κ1) is 22.2. The average Bonchev–Trinajstić information content (AvgIpc) is 2.45. The maximum Gasteiger partial charge on any atom is 0.0866 e. The van der Waals surface area contributed by atoms with E-state index in [-0.39, 0.29) is 0 Å². The molecule has 0 amide bonds. The maximum absolute atomic E-state index is 2.57. The summed E-state index contributed by atoms with van der Waals surface area (Å²) in [4.78, 5) is 0. The van der Waals surface area contributed by atoms with Crippen LogP contribution in [0.4, 0.5) is 0 Å². The second-order valence-corrected chi connectivity index (χ2v) is 14.2. The van der Waals surface area contributed by atoms with Crippen molar-refractivity contribution in [3.05, 3.63) is 0 Å². The van der Waals surface area contributed by atoms with Crippen LogP contribution in [0.5, 0.6) is 0 Å². The zero-order chi connectivity index (χ0) is 17.1. The van der Waals surface area contributed by atoms with Crippen LogP contribution in [0.1, 0.15) is 79.1 Å². The van der Waals surface area contributed by atoms with Crippen LogP contribution in [-0.2, 0) is 0 Å². The largest absolute Gasteiger partial charge is 0.321 e. The number of unbranched alkanes of at least 4 members (excludes halogenated alkanes) is 3. The normalized spacial score (nSPS) is 14.3. The van der Waals surface area contributed by atoms with Crippen molar-refractivity contribution in [1.29, 1.82) is 0 Å². The Labute approximate surface area is 143 Å². The molecule has 0 aliphatic rings. The molecule has 0 saturated carbocycles. The molecule has 1 atom stereocenters. The van der Waals surface area contributed by atoms with Gasteiger partial charge in [0.15, 0.2) is 0 Å². The van der Waals surface area contributed by atoms with Gasteiger partial charge < -0.3 is 4.48 Å². The monoisotopic (exact) mass is 328 g/mol. The fourth-order valence-corrected chi connectivity index (χ4v) is 5.92. The van der Waals surface area contributed by atoms with Crippen LogP contribution in [0, 0.1) is 0 Å². The van der Waals surface area contributed by atoms with Crippen molar-refractivity contribution in [3.63, 3.8) is 0 Å². The third kappa shape index (κ3) is 8.72. The molecule has 0 bridgehead atoms.